The van der Waals surface area contributed by atoms with Gasteiger partial charge in [-0.1, -0.05) is 9.77 Å². The van der Waals surface area contributed by atoms with E-state index in [0.717, 1.165) is 20.4 Å². The van der Waals surface area contributed by atoms with Crippen LogP contribution in [0.2, 0.25) is 0 Å². The molecule has 0 saturated heterocycles. The van der Waals surface area contributed by atoms with Crippen LogP contribution >= 0.6 is 12.2 Å². The normalized spacial score (nSPS) is 11.5. The minimum absolute atomic E-state index is 0.0302. The van der Waals surface area contributed by atoms with Crippen molar-refractivity contribution in [2.45, 2.75) is 4.90 Å². The Hall–Kier alpha value is -2.90. The zero-order chi connectivity index (χ0) is 21.1. The highest BCUT2D eigenvalue weighted by molar-refractivity contribution is 7.93. The first-order chi connectivity index (χ1) is 13.1. The summed E-state index contributed by atoms with van der Waals surface area (Å²) in [4.78, 5) is 35.6. The van der Waals surface area contributed by atoms with E-state index < -0.39 is 44.5 Å². The Morgan fingerprint density at radius 2 is 1.75 bits per heavy atom. The van der Waals surface area contributed by atoms with Gasteiger partial charge in [0.1, 0.15) is 0 Å². The van der Waals surface area contributed by atoms with Crippen molar-refractivity contribution in [2.75, 3.05) is 14.2 Å². The molecule has 0 aliphatic carbocycles. The van der Waals surface area contributed by atoms with Gasteiger partial charge >= 0.3 is 22.0 Å². The van der Waals surface area contributed by atoms with Crippen molar-refractivity contribution in [3.05, 3.63) is 22.7 Å². The topological polar surface area (TPSA) is 199 Å². The molecule has 0 fully saturated rings. The Bertz CT molecular complexity index is 1020. The van der Waals surface area contributed by atoms with Crippen LogP contribution in [-0.2, 0) is 28.6 Å². The molecule has 28 heavy (non-hydrogen) atoms. The molecular formula is C10H11N3O13S2. The number of nitrogens with zero attached hydrogens (tertiary/aromatic N) is 3. The maximum absolute atomic E-state index is 11.9. The van der Waals surface area contributed by atoms with Gasteiger partial charge in [0.25, 0.3) is 5.88 Å². The summed E-state index contributed by atoms with van der Waals surface area (Å²) in [6.07, 6.45) is -1.01. The van der Waals surface area contributed by atoms with Crippen LogP contribution in [0.4, 0.5) is 4.79 Å². The smallest absolute Gasteiger partial charge is 0.492 e. The van der Waals surface area contributed by atoms with Gasteiger partial charge in [-0.15, -0.1) is 9.06 Å². The number of hydrogen-bond donors (Lipinski definition) is 3. The second-order valence-corrected chi connectivity index (χ2v) is 6.67. The summed E-state index contributed by atoms with van der Waals surface area (Å²) in [6, 6.07) is 0.519. The van der Waals surface area contributed by atoms with Crippen LogP contribution in [0.3, 0.4) is 0 Å². The van der Waals surface area contributed by atoms with Crippen molar-refractivity contribution in [2.24, 2.45) is 0 Å². The van der Waals surface area contributed by atoms with E-state index in [1.54, 1.807) is 0 Å². The summed E-state index contributed by atoms with van der Waals surface area (Å²) in [5, 5.41) is 33.0. The molecule has 0 spiro atoms. The third-order valence-corrected chi connectivity index (χ3v) is 4.53. The number of hydrogen-bond acceptors (Lipinski definition) is 14. The van der Waals surface area contributed by atoms with E-state index in [1.807, 2.05) is 0 Å². The predicted molar refractivity (Wildman–Crippen MR) is 83.0 cm³/mol. The number of carbonyl (C=O) groups excluding carboxylic acids is 1. The molecule has 2 aromatic heterocycles. The minimum atomic E-state index is -4.45. The lowest BCUT2D eigenvalue weighted by molar-refractivity contribution is -0.447. The first-order valence-electron chi connectivity index (χ1n) is 6.55. The molecule has 156 valence electrons. The molecule has 0 aliphatic rings. The largest absolute Gasteiger partial charge is 0.560 e. The first-order valence-corrected chi connectivity index (χ1v) is 8.65. The van der Waals surface area contributed by atoms with E-state index >= 15 is 0 Å². The fraction of sp³-hybridized carbons (Fsp3) is 0.200. The quantitative estimate of drug-likeness (QED) is 0.139. The van der Waals surface area contributed by atoms with Crippen LogP contribution in [0.25, 0.3) is 0 Å². The number of aromatic hydroxyl groups is 3. The van der Waals surface area contributed by atoms with E-state index in [1.165, 1.54) is 0 Å². The molecule has 0 unspecified atom stereocenters. The van der Waals surface area contributed by atoms with Gasteiger partial charge in [0.15, 0.2) is 17.1 Å². The SMILES string of the molecule is COOOSn1cc(O)n(OC(=O)On2c(O)cc(S(=O)(=O)OC)c2O)c1=O. The summed E-state index contributed by atoms with van der Waals surface area (Å²) in [5.41, 5.74) is -1.16. The average molecular weight is 445 g/mol. The summed E-state index contributed by atoms with van der Waals surface area (Å²) in [6.45, 7) is 0. The van der Waals surface area contributed by atoms with Crippen LogP contribution in [0.1, 0.15) is 0 Å². The van der Waals surface area contributed by atoms with Gasteiger partial charge in [-0.2, -0.15) is 13.2 Å². The van der Waals surface area contributed by atoms with Gasteiger partial charge in [-0.25, -0.2) is 13.7 Å². The second-order valence-electron chi connectivity index (χ2n) is 4.31. The Morgan fingerprint density at radius 1 is 1.11 bits per heavy atom. The molecule has 3 N–H and O–H groups in total. The zero-order valence-corrected chi connectivity index (χ0v) is 15.4. The van der Waals surface area contributed by atoms with Crippen LogP contribution in [0.15, 0.2) is 22.0 Å². The minimum Gasteiger partial charge on any atom is -0.492 e. The van der Waals surface area contributed by atoms with Crippen molar-refractivity contribution in [3.8, 4) is 17.6 Å². The summed E-state index contributed by atoms with van der Waals surface area (Å²) in [5.74, 6) is -3.15. The van der Waals surface area contributed by atoms with Crippen LogP contribution < -0.4 is 15.4 Å². The Kier molecular flexibility index (Phi) is 6.43. The van der Waals surface area contributed by atoms with Gasteiger partial charge in [0, 0.05) is 6.07 Å². The molecule has 0 saturated carbocycles. The number of aromatic nitrogens is 3. The Balaban J connectivity index is 2.19. The molecule has 0 atom stereocenters. The molecule has 2 rings (SSSR count). The lowest BCUT2D eigenvalue weighted by atomic mass is 10.6. The lowest BCUT2D eigenvalue weighted by Crippen LogP contribution is -2.34. The average Bonchev–Trinajstić information content (AvgIpc) is 3.07. The van der Waals surface area contributed by atoms with E-state index in [9.17, 15) is 33.3 Å². The number of rotatable bonds is 8. The van der Waals surface area contributed by atoms with E-state index in [-0.39, 0.29) is 21.7 Å². The van der Waals surface area contributed by atoms with Crippen molar-refractivity contribution in [1.82, 2.24) is 13.4 Å². The van der Waals surface area contributed by atoms with Gasteiger partial charge in [-0.05, 0) is 0 Å². The third-order valence-electron chi connectivity index (χ3n) is 2.71. The van der Waals surface area contributed by atoms with Crippen LogP contribution in [0.5, 0.6) is 17.6 Å². The lowest BCUT2D eigenvalue weighted by Gasteiger charge is -2.07. The molecule has 16 nitrogen and oxygen atoms in total. The van der Waals surface area contributed by atoms with E-state index in [4.69, 9.17) is 0 Å². The fourth-order valence-corrected chi connectivity index (χ4v) is 2.75. The summed E-state index contributed by atoms with van der Waals surface area (Å²) >= 11 is 0.229. The molecule has 2 heterocycles. The van der Waals surface area contributed by atoms with E-state index in [2.05, 4.69) is 28.1 Å². The van der Waals surface area contributed by atoms with Crippen molar-refractivity contribution in [3.63, 3.8) is 0 Å². The highest BCUT2D eigenvalue weighted by atomic mass is 32.2. The standard InChI is InChI=1S/C10H11N3O13S2/c1-21-25-26-27-11-4-7(15)13(9(11)17)24-10(18)23-12-6(14)3-5(8(12)16)28(19,20)22-2/h3-4,14-16H,1-2H3. The maximum atomic E-state index is 11.9. The summed E-state index contributed by atoms with van der Waals surface area (Å²) in [7, 11) is -2.55. The van der Waals surface area contributed by atoms with Gasteiger partial charge in [-0.3, -0.25) is 13.9 Å². The Morgan fingerprint density at radius 3 is 2.36 bits per heavy atom. The van der Waals surface area contributed by atoms with Crippen molar-refractivity contribution < 1.29 is 56.6 Å². The molecule has 0 aromatic carbocycles. The molecule has 0 radical (unpaired) electrons. The van der Waals surface area contributed by atoms with Crippen molar-refractivity contribution >= 4 is 28.5 Å². The molecule has 18 heteroatoms. The number of imidazole rings is 1. The summed E-state index contributed by atoms with van der Waals surface area (Å²) < 4.78 is 32.2. The first kappa shape index (κ1) is 21.4. The van der Waals surface area contributed by atoms with Gasteiger partial charge < -0.3 is 15.3 Å². The second kappa shape index (κ2) is 8.41. The molecular weight excluding hydrogens is 434 g/mol. The van der Waals surface area contributed by atoms with Crippen molar-refractivity contribution in [1.29, 1.82) is 0 Å². The molecule has 0 bridgehead atoms. The number of carbonyl (C=O) groups is 1. The predicted octanol–water partition coefficient (Wildman–Crippen LogP) is -1.50. The van der Waals surface area contributed by atoms with Crippen LogP contribution in [0, 0.1) is 0 Å². The maximum Gasteiger partial charge on any atom is 0.560 e. The monoisotopic (exact) mass is 445 g/mol. The zero-order valence-electron chi connectivity index (χ0n) is 13.7. The van der Waals surface area contributed by atoms with Gasteiger partial charge in [0.2, 0.25) is 11.8 Å². The fourth-order valence-electron chi connectivity index (χ4n) is 1.59. The highest BCUT2D eigenvalue weighted by Gasteiger charge is 2.28. The van der Waals surface area contributed by atoms with E-state index in [0.29, 0.717) is 10.0 Å². The third kappa shape index (κ3) is 4.32. The molecule has 2 aromatic rings. The van der Waals surface area contributed by atoms with Crippen LogP contribution in [-0.4, -0.2) is 57.5 Å². The highest BCUT2D eigenvalue weighted by Crippen LogP contribution is 2.31. The van der Waals surface area contributed by atoms with Gasteiger partial charge in [0.05, 0.1) is 20.4 Å². The molecule has 0 amide bonds. The molecule has 0 aliphatic heterocycles. The Labute approximate surface area is 158 Å².